The van der Waals surface area contributed by atoms with Crippen molar-refractivity contribution >= 4 is 17.6 Å². The van der Waals surface area contributed by atoms with Crippen LogP contribution in [-0.4, -0.2) is 24.1 Å². The average molecular weight is 339 g/mol. The van der Waals surface area contributed by atoms with Gasteiger partial charge in [-0.3, -0.25) is 9.59 Å². The van der Waals surface area contributed by atoms with E-state index in [4.69, 9.17) is 4.74 Å². The molecule has 0 spiro atoms. The topological polar surface area (TPSA) is 66.8 Å². The number of aliphatic carboxylic acids is 1. The van der Waals surface area contributed by atoms with Gasteiger partial charge in [0, 0.05) is 12.1 Å². The molecule has 130 valence electrons. The highest BCUT2D eigenvalue weighted by molar-refractivity contribution is 5.96. The Balaban J connectivity index is 2.07. The number of anilines is 1. The molecule has 1 N–H and O–H groups in total. The molecule has 1 aliphatic heterocycles. The van der Waals surface area contributed by atoms with Crippen LogP contribution in [0, 0.1) is 12.8 Å². The van der Waals surface area contributed by atoms with Crippen molar-refractivity contribution in [3.8, 4) is 5.75 Å². The van der Waals surface area contributed by atoms with Crippen LogP contribution < -0.4 is 9.64 Å². The van der Waals surface area contributed by atoms with Gasteiger partial charge in [0.2, 0.25) is 5.91 Å². The Kier molecular flexibility index (Phi) is 4.74. The van der Waals surface area contributed by atoms with E-state index in [0.29, 0.717) is 17.9 Å². The van der Waals surface area contributed by atoms with Crippen LogP contribution in [0.3, 0.4) is 0 Å². The molecule has 0 aliphatic carbocycles. The molecule has 1 amide bonds. The minimum atomic E-state index is -0.878. The summed E-state index contributed by atoms with van der Waals surface area (Å²) in [7, 11) is 1.58. The highest BCUT2D eigenvalue weighted by atomic mass is 16.5. The number of methoxy groups -OCH3 is 1. The van der Waals surface area contributed by atoms with E-state index in [-0.39, 0.29) is 12.3 Å². The van der Waals surface area contributed by atoms with E-state index in [1.54, 1.807) is 36.3 Å². The van der Waals surface area contributed by atoms with Gasteiger partial charge in [-0.05, 0) is 43.2 Å². The molecular weight excluding hydrogens is 318 g/mol. The molecule has 2 aromatic rings. The number of piperidine rings is 1. The number of benzene rings is 2. The predicted octanol–water partition coefficient (Wildman–Crippen LogP) is 3.57. The van der Waals surface area contributed by atoms with Crippen molar-refractivity contribution in [2.24, 2.45) is 5.92 Å². The van der Waals surface area contributed by atoms with Crippen molar-refractivity contribution < 1.29 is 19.4 Å². The molecule has 0 unspecified atom stereocenters. The molecule has 2 atom stereocenters. The van der Waals surface area contributed by atoms with Gasteiger partial charge in [-0.25, -0.2) is 0 Å². The first-order chi connectivity index (χ1) is 12.0. The van der Waals surface area contributed by atoms with E-state index < -0.39 is 17.9 Å². The number of amides is 1. The predicted molar refractivity (Wildman–Crippen MR) is 94.8 cm³/mol. The second-order valence-electron chi connectivity index (χ2n) is 6.30. The van der Waals surface area contributed by atoms with E-state index in [1.807, 2.05) is 31.2 Å². The number of carboxylic acids is 1. The number of aryl methyl sites for hydroxylation is 1. The van der Waals surface area contributed by atoms with Crippen molar-refractivity contribution in [2.45, 2.75) is 25.8 Å². The van der Waals surface area contributed by atoms with Crippen LogP contribution in [0.4, 0.5) is 5.69 Å². The van der Waals surface area contributed by atoms with Gasteiger partial charge in [0.15, 0.2) is 0 Å². The van der Waals surface area contributed by atoms with Crippen LogP contribution in [0.1, 0.15) is 30.0 Å². The van der Waals surface area contributed by atoms with Gasteiger partial charge in [-0.2, -0.15) is 0 Å². The number of hydrogen-bond donors (Lipinski definition) is 1. The molecule has 1 heterocycles. The molecule has 1 fully saturated rings. The maximum absolute atomic E-state index is 12.7. The standard InChI is InChI=1S/C20H21NO4/c1-13-3-5-14(6-4-13)19-17(20(23)24)11-12-18(22)21(19)15-7-9-16(25-2)10-8-15/h3-10,17,19H,11-12H2,1-2H3,(H,23,24)/t17-,19+/m0/s1. The normalized spacial score (nSPS) is 20.4. The van der Waals surface area contributed by atoms with Crippen LogP contribution >= 0.6 is 0 Å². The Hall–Kier alpha value is -2.82. The summed E-state index contributed by atoms with van der Waals surface area (Å²) in [5.41, 5.74) is 2.61. The van der Waals surface area contributed by atoms with Crippen LogP contribution in [0.5, 0.6) is 5.75 Å². The zero-order chi connectivity index (χ0) is 18.0. The molecule has 5 heteroatoms. The number of carboxylic acid groups (broad SMARTS) is 1. The smallest absolute Gasteiger partial charge is 0.308 e. The minimum absolute atomic E-state index is 0.0618. The third-order valence-electron chi connectivity index (χ3n) is 4.68. The SMILES string of the molecule is COc1ccc(N2C(=O)CC[C@H](C(=O)O)[C@H]2c2ccc(C)cc2)cc1. The summed E-state index contributed by atoms with van der Waals surface area (Å²) in [6, 6.07) is 14.3. The molecule has 0 saturated carbocycles. The molecule has 1 aliphatic rings. The van der Waals surface area contributed by atoms with E-state index >= 15 is 0 Å². The summed E-state index contributed by atoms with van der Waals surface area (Å²) in [6.45, 7) is 1.98. The lowest BCUT2D eigenvalue weighted by Crippen LogP contribution is -2.45. The zero-order valence-electron chi connectivity index (χ0n) is 14.3. The van der Waals surface area contributed by atoms with Gasteiger partial charge < -0.3 is 14.7 Å². The van der Waals surface area contributed by atoms with Crippen molar-refractivity contribution in [1.82, 2.24) is 0 Å². The lowest BCUT2D eigenvalue weighted by molar-refractivity contribution is -0.144. The molecular formula is C20H21NO4. The zero-order valence-corrected chi connectivity index (χ0v) is 14.3. The largest absolute Gasteiger partial charge is 0.497 e. The van der Waals surface area contributed by atoms with E-state index in [2.05, 4.69) is 0 Å². The van der Waals surface area contributed by atoms with E-state index in [9.17, 15) is 14.7 Å². The minimum Gasteiger partial charge on any atom is -0.497 e. The molecule has 3 rings (SSSR count). The second kappa shape index (κ2) is 6.97. The first-order valence-corrected chi connectivity index (χ1v) is 8.26. The highest BCUT2D eigenvalue weighted by Gasteiger charge is 2.41. The Morgan fingerprint density at radius 3 is 2.32 bits per heavy atom. The summed E-state index contributed by atoms with van der Waals surface area (Å²) >= 11 is 0. The highest BCUT2D eigenvalue weighted by Crippen LogP contribution is 2.40. The summed E-state index contributed by atoms with van der Waals surface area (Å²) in [5.74, 6) is -0.887. The van der Waals surface area contributed by atoms with Crippen LogP contribution in [0.2, 0.25) is 0 Å². The molecule has 0 aromatic heterocycles. The fourth-order valence-corrected chi connectivity index (χ4v) is 3.34. The van der Waals surface area contributed by atoms with Crippen molar-refractivity contribution in [2.75, 3.05) is 12.0 Å². The number of carbonyl (C=O) groups is 2. The monoisotopic (exact) mass is 339 g/mol. The third kappa shape index (κ3) is 3.36. The maximum Gasteiger partial charge on any atom is 0.308 e. The summed E-state index contributed by atoms with van der Waals surface area (Å²) in [4.78, 5) is 26.1. The van der Waals surface area contributed by atoms with E-state index in [0.717, 1.165) is 11.1 Å². The van der Waals surface area contributed by atoms with Gasteiger partial charge in [0.1, 0.15) is 5.75 Å². The first kappa shape index (κ1) is 17.0. The Morgan fingerprint density at radius 1 is 1.12 bits per heavy atom. The molecule has 25 heavy (non-hydrogen) atoms. The quantitative estimate of drug-likeness (QED) is 0.925. The van der Waals surface area contributed by atoms with Crippen LogP contribution in [-0.2, 0) is 9.59 Å². The van der Waals surface area contributed by atoms with Crippen molar-refractivity contribution in [3.05, 3.63) is 59.7 Å². The average Bonchev–Trinajstić information content (AvgIpc) is 2.62. The third-order valence-corrected chi connectivity index (χ3v) is 4.68. The Labute approximate surface area is 146 Å². The lowest BCUT2D eigenvalue weighted by Gasteiger charge is -2.40. The molecule has 5 nitrogen and oxygen atoms in total. The van der Waals surface area contributed by atoms with Crippen LogP contribution in [0.25, 0.3) is 0 Å². The first-order valence-electron chi connectivity index (χ1n) is 8.26. The molecule has 0 bridgehead atoms. The van der Waals surface area contributed by atoms with Gasteiger partial charge in [-0.1, -0.05) is 29.8 Å². The van der Waals surface area contributed by atoms with E-state index in [1.165, 1.54) is 0 Å². The fourth-order valence-electron chi connectivity index (χ4n) is 3.34. The number of hydrogen-bond acceptors (Lipinski definition) is 3. The summed E-state index contributed by atoms with van der Waals surface area (Å²) in [6.07, 6.45) is 0.574. The lowest BCUT2D eigenvalue weighted by atomic mass is 9.83. The Bertz CT molecular complexity index is 767. The van der Waals surface area contributed by atoms with Gasteiger partial charge in [0.25, 0.3) is 0 Å². The summed E-state index contributed by atoms with van der Waals surface area (Å²) < 4.78 is 5.17. The number of rotatable bonds is 4. The van der Waals surface area contributed by atoms with Crippen LogP contribution in [0.15, 0.2) is 48.5 Å². The van der Waals surface area contributed by atoms with Crippen molar-refractivity contribution in [1.29, 1.82) is 0 Å². The number of carbonyl (C=O) groups excluding carboxylic acids is 1. The van der Waals surface area contributed by atoms with Gasteiger partial charge in [-0.15, -0.1) is 0 Å². The maximum atomic E-state index is 12.7. The second-order valence-corrected chi connectivity index (χ2v) is 6.30. The summed E-state index contributed by atoms with van der Waals surface area (Å²) in [5, 5.41) is 9.70. The van der Waals surface area contributed by atoms with Gasteiger partial charge >= 0.3 is 5.97 Å². The molecule has 0 radical (unpaired) electrons. The molecule has 2 aromatic carbocycles. The number of nitrogens with zero attached hydrogens (tertiary/aromatic N) is 1. The van der Waals surface area contributed by atoms with Crippen molar-refractivity contribution in [3.63, 3.8) is 0 Å². The molecule has 1 saturated heterocycles. The van der Waals surface area contributed by atoms with Gasteiger partial charge in [0.05, 0.1) is 19.1 Å². The fraction of sp³-hybridized carbons (Fsp3) is 0.300. The Morgan fingerprint density at radius 2 is 1.76 bits per heavy atom. The number of ether oxygens (including phenoxy) is 1.